The number of fused-ring (bicyclic) bond motifs is 1. The Morgan fingerprint density at radius 2 is 1.86 bits per heavy atom. The van der Waals surface area contributed by atoms with Gasteiger partial charge in [-0.05, 0) is 19.3 Å². The number of hydrogen-bond acceptors (Lipinski definition) is 2. The van der Waals surface area contributed by atoms with E-state index in [2.05, 4.69) is 21.4 Å². The van der Waals surface area contributed by atoms with Gasteiger partial charge in [-0.25, -0.2) is 9.69 Å². The number of aliphatic imine (C=N–C) groups is 1. The molecule has 0 aromatic rings. The molecule has 1 atom stereocenters. The first-order valence-electron chi connectivity index (χ1n) is 7.58. The highest BCUT2D eigenvalue weighted by Crippen LogP contribution is 2.23. The third kappa shape index (κ3) is 2.02. The highest BCUT2D eigenvalue weighted by Gasteiger charge is 2.54. The third-order valence-corrected chi connectivity index (χ3v) is 4.36. The monoisotopic (exact) mass is 292 g/mol. The van der Waals surface area contributed by atoms with E-state index in [1.807, 2.05) is 0 Å². The molecule has 21 heavy (non-hydrogen) atoms. The van der Waals surface area contributed by atoms with Crippen molar-refractivity contribution < 1.29 is 14.2 Å². The zero-order chi connectivity index (χ0) is 15.1. The number of carbonyl (C=O) groups is 2. The fourth-order valence-corrected chi connectivity index (χ4v) is 3.23. The maximum Gasteiger partial charge on any atom is 0.392 e. The Balaban J connectivity index is 2.05. The van der Waals surface area contributed by atoms with Crippen molar-refractivity contribution in [1.82, 2.24) is 14.7 Å². The van der Waals surface area contributed by atoms with Gasteiger partial charge in [0.2, 0.25) is 11.9 Å². The van der Waals surface area contributed by atoms with Crippen LogP contribution < -0.4 is 0 Å². The molecule has 0 saturated carbocycles. The van der Waals surface area contributed by atoms with E-state index in [1.54, 1.807) is 7.05 Å². The van der Waals surface area contributed by atoms with Crippen molar-refractivity contribution in [3.63, 3.8) is 0 Å². The molecule has 7 nitrogen and oxygen atoms in total. The highest BCUT2D eigenvalue weighted by molar-refractivity contribution is 6.25. The van der Waals surface area contributed by atoms with Gasteiger partial charge in [0.05, 0.1) is 19.6 Å². The Labute approximate surface area is 124 Å². The van der Waals surface area contributed by atoms with Crippen LogP contribution in [-0.4, -0.2) is 82.8 Å². The molecule has 7 heteroatoms. The molecule has 3 aliphatic rings. The minimum absolute atomic E-state index is 0.181. The first kappa shape index (κ1) is 14.0. The van der Waals surface area contributed by atoms with Crippen LogP contribution in [0.4, 0.5) is 4.79 Å². The molecule has 0 radical (unpaired) electrons. The molecule has 3 amide bonds. The number of carbonyl (C=O) groups excluding carboxylic acids is 2. The first-order chi connectivity index (χ1) is 10.1. The minimum Gasteiger partial charge on any atom is -0.270 e. The lowest BCUT2D eigenvalue weighted by molar-refractivity contribution is -0.511. The summed E-state index contributed by atoms with van der Waals surface area (Å²) >= 11 is 0. The number of urea groups is 1. The fourth-order valence-electron chi connectivity index (χ4n) is 3.23. The average Bonchev–Trinajstić information content (AvgIpc) is 3.10. The lowest BCUT2D eigenvalue weighted by Crippen LogP contribution is -2.62. The molecule has 1 unspecified atom stereocenters. The van der Waals surface area contributed by atoms with Gasteiger partial charge in [-0.1, -0.05) is 11.9 Å². The number of amidine groups is 1. The van der Waals surface area contributed by atoms with Gasteiger partial charge in [0, 0.05) is 14.1 Å². The summed E-state index contributed by atoms with van der Waals surface area (Å²) in [7, 11) is 3.23. The fraction of sp³-hybridized carbons (Fsp3) is 0.714. The van der Waals surface area contributed by atoms with Crippen LogP contribution in [0.2, 0.25) is 0 Å². The highest BCUT2D eigenvalue weighted by atomic mass is 16.2. The molecule has 3 rings (SSSR count). The van der Waals surface area contributed by atoms with Crippen molar-refractivity contribution in [3.8, 4) is 0 Å². The Kier molecular flexibility index (Phi) is 3.43. The number of rotatable bonds is 2. The third-order valence-electron chi connectivity index (χ3n) is 4.36. The van der Waals surface area contributed by atoms with Gasteiger partial charge >= 0.3 is 12.0 Å². The zero-order valence-electron chi connectivity index (χ0n) is 12.9. The van der Waals surface area contributed by atoms with Crippen LogP contribution in [0.25, 0.3) is 0 Å². The molecule has 114 valence electrons. The van der Waals surface area contributed by atoms with Gasteiger partial charge in [0.15, 0.2) is 0 Å². The number of imide groups is 1. The maximum absolute atomic E-state index is 12.5. The van der Waals surface area contributed by atoms with E-state index in [0.717, 1.165) is 44.9 Å². The Bertz CT molecular complexity index is 546. The summed E-state index contributed by atoms with van der Waals surface area (Å²) in [6.07, 6.45) is 3.24. The molecule has 0 bridgehead atoms. The summed E-state index contributed by atoms with van der Waals surface area (Å²) in [6, 6.07) is -0.762. The Hall–Kier alpha value is -1.92. The number of nitrogens with zero attached hydrogens (tertiary/aromatic N) is 5. The summed E-state index contributed by atoms with van der Waals surface area (Å²) in [6.45, 7) is 4.80. The molecule has 0 aliphatic carbocycles. The van der Waals surface area contributed by atoms with Crippen molar-refractivity contribution >= 4 is 23.7 Å². The molecule has 0 aromatic heterocycles. The zero-order valence-corrected chi connectivity index (χ0v) is 12.9. The van der Waals surface area contributed by atoms with Gasteiger partial charge in [-0.3, -0.25) is 19.2 Å². The van der Waals surface area contributed by atoms with Crippen LogP contribution in [0.15, 0.2) is 4.99 Å². The van der Waals surface area contributed by atoms with E-state index in [9.17, 15) is 9.59 Å². The van der Waals surface area contributed by atoms with E-state index < -0.39 is 6.04 Å². The quantitative estimate of drug-likeness (QED) is 0.682. The lowest BCUT2D eigenvalue weighted by Gasteiger charge is -2.33. The van der Waals surface area contributed by atoms with E-state index in [0.29, 0.717) is 5.84 Å². The van der Waals surface area contributed by atoms with Crippen LogP contribution in [0, 0.1) is 0 Å². The molecular weight excluding hydrogens is 270 g/mol. The molecule has 2 fully saturated rings. The Morgan fingerprint density at radius 3 is 2.48 bits per heavy atom. The van der Waals surface area contributed by atoms with Crippen LogP contribution in [0.5, 0.6) is 0 Å². The minimum atomic E-state index is -0.451. The van der Waals surface area contributed by atoms with Crippen molar-refractivity contribution in [3.05, 3.63) is 0 Å². The van der Waals surface area contributed by atoms with Crippen molar-refractivity contribution in [1.29, 1.82) is 0 Å². The van der Waals surface area contributed by atoms with Crippen molar-refractivity contribution in [2.75, 3.05) is 33.7 Å². The van der Waals surface area contributed by atoms with Gasteiger partial charge in [-0.2, -0.15) is 0 Å². The van der Waals surface area contributed by atoms with E-state index >= 15 is 0 Å². The summed E-state index contributed by atoms with van der Waals surface area (Å²) in [5.74, 6) is 1.25. The molecule has 3 heterocycles. The van der Waals surface area contributed by atoms with E-state index in [1.165, 1.54) is 16.8 Å². The number of likely N-dealkylation sites (N-methyl/N-ethyl adjacent to an activating group) is 2. The van der Waals surface area contributed by atoms with Crippen LogP contribution >= 0.6 is 0 Å². The van der Waals surface area contributed by atoms with Crippen molar-refractivity contribution in [2.24, 2.45) is 4.99 Å². The molecule has 0 aromatic carbocycles. The van der Waals surface area contributed by atoms with Crippen LogP contribution in [-0.2, 0) is 4.79 Å². The molecule has 3 aliphatic heterocycles. The smallest absolute Gasteiger partial charge is 0.270 e. The summed E-state index contributed by atoms with van der Waals surface area (Å²) in [4.78, 5) is 34.0. The first-order valence-corrected chi connectivity index (χ1v) is 7.58. The predicted molar refractivity (Wildman–Crippen MR) is 78.4 cm³/mol. The SMILES string of the molecule is CCCN1C(=[N+]2CCCC2)N=C2C1C(=O)N(C)C(=O)N2C. The standard InChI is InChI=1S/C14H22N5O2/c1-4-7-19-10-11(15-13(19)18-8-5-6-9-18)16(2)14(21)17(3)12(10)20/h10H,4-9H2,1-3H3/q+1. The van der Waals surface area contributed by atoms with Gasteiger partial charge < -0.3 is 0 Å². The van der Waals surface area contributed by atoms with E-state index in [-0.39, 0.29) is 11.9 Å². The van der Waals surface area contributed by atoms with Gasteiger partial charge in [-0.15, -0.1) is 0 Å². The second-order valence-corrected chi connectivity index (χ2v) is 5.80. The normalized spacial score (nSPS) is 26.0. The van der Waals surface area contributed by atoms with Gasteiger partial charge in [0.1, 0.15) is 0 Å². The lowest BCUT2D eigenvalue weighted by atomic mass is 10.1. The second kappa shape index (κ2) is 5.13. The predicted octanol–water partition coefficient (Wildman–Crippen LogP) is 0.165. The second-order valence-electron chi connectivity index (χ2n) is 5.80. The number of hydrogen-bond donors (Lipinski definition) is 0. The molecule has 2 saturated heterocycles. The maximum atomic E-state index is 12.5. The molecule has 0 spiro atoms. The number of guanidine groups is 1. The van der Waals surface area contributed by atoms with Gasteiger partial charge in [0.25, 0.3) is 5.91 Å². The van der Waals surface area contributed by atoms with Crippen LogP contribution in [0.1, 0.15) is 26.2 Å². The molecule has 0 N–H and O–H groups in total. The number of amides is 3. The summed E-state index contributed by atoms with van der Waals surface area (Å²) in [5, 5.41) is 0. The summed E-state index contributed by atoms with van der Waals surface area (Å²) < 4.78 is 2.23. The average molecular weight is 292 g/mol. The summed E-state index contributed by atoms with van der Waals surface area (Å²) in [5.41, 5.74) is 0. The largest absolute Gasteiger partial charge is 0.392 e. The van der Waals surface area contributed by atoms with Crippen molar-refractivity contribution in [2.45, 2.75) is 32.2 Å². The topological polar surface area (TPSA) is 59.2 Å². The Morgan fingerprint density at radius 1 is 1.19 bits per heavy atom. The molecular formula is C14H22N5O2+. The van der Waals surface area contributed by atoms with Crippen LogP contribution in [0.3, 0.4) is 0 Å². The van der Waals surface area contributed by atoms with E-state index in [4.69, 9.17) is 0 Å².